The van der Waals surface area contributed by atoms with Gasteiger partial charge < -0.3 is 11.5 Å². The van der Waals surface area contributed by atoms with E-state index in [1.165, 1.54) is 19.1 Å². The van der Waals surface area contributed by atoms with Crippen LogP contribution < -0.4 is 11.5 Å². The van der Waals surface area contributed by atoms with E-state index in [-0.39, 0.29) is 16.8 Å². The van der Waals surface area contributed by atoms with E-state index in [9.17, 15) is 17.8 Å². The predicted octanol–water partition coefficient (Wildman–Crippen LogP) is 1.97. The van der Waals surface area contributed by atoms with E-state index in [2.05, 4.69) is 0 Å². The lowest BCUT2D eigenvalue weighted by Gasteiger charge is -2.13. The Morgan fingerprint density at radius 1 is 1.05 bits per heavy atom. The molecule has 0 radical (unpaired) electrons. The van der Waals surface area contributed by atoms with Gasteiger partial charge in [0.25, 0.3) is 10.1 Å². The number of anilines is 2. The molecule has 0 spiro atoms. The first-order valence-corrected chi connectivity index (χ1v) is 7.42. The highest BCUT2D eigenvalue weighted by Crippen LogP contribution is 2.34. The van der Waals surface area contributed by atoms with Crippen molar-refractivity contribution in [2.24, 2.45) is 0 Å². The molecule has 6 nitrogen and oxygen atoms in total. The number of carbonyl (C=O) groups excluding carboxylic acids is 1. The average molecular weight is 306 g/mol. The molecule has 5 N–H and O–H groups in total. The van der Waals surface area contributed by atoms with Gasteiger partial charge in [0, 0.05) is 16.9 Å². The van der Waals surface area contributed by atoms with Crippen LogP contribution in [0, 0.1) is 0 Å². The minimum absolute atomic E-state index is 0.00526. The third kappa shape index (κ3) is 2.88. The van der Waals surface area contributed by atoms with E-state index in [1.54, 1.807) is 24.3 Å². The topological polar surface area (TPSA) is 123 Å². The highest BCUT2D eigenvalue weighted by Gasteiger charge is 2.25. The van der Waals surface area contributed by atoms with Crippen LogP contribution in [-0.4, -0.2) is 18.8 Å². The highest BCUT2D eigenvalue weighted by molar-refractivity contribution is 7.86. The van der Waals surface area contributed by atoms with Crippen LogP contribution in [0.3, 0.4) is 0 Å². The van der Waals surface area contributed by atoms with Gasteiger partial charge in [-0.3, -0.25) is 9.35 Å². The summed E-state index contributed by atoms with van der Waals surface area (Å²) in [5, 5.41) is 0. The molecule has 0 aliphatic rings. The molecular formula is C14H14N2O4S. The van der Waals surface area contributed by atoms with Crippen molar-refractivity contribution in [1.29, 1.82) is 0 Å². The number of hydrogen-bond acceptors (Lipinski definition) is 5. The van der Waals surface area contributed by atoms with Crippen molar-refractivity contribution in [3.63, 3.8) is 0 Å². The fourth-order valence-electron chi connectivity index (χ4n) is 2.12. The molecule has 0 heterocycles. The summed E-state index contributed by atoms with van der Waals surface area (Å²) in [6.45, 7) is 1.19. The first-order chi connectivity index (χ1) is 9.71. The van der Waals surface area contributed by atoms with E-state index in [4.69, 9.17) is 11.5 Å². The Morgan fingerprint density at radius 2 is 1.62 bits per heavy atom. The number of nitrogens with two attached hydrogens (primary N) is 2. The predicted molar refractivity (Wildman–Crippen MR) is 80.5 cm³/mol. The fourth-order valence-corrected chi connectivity index (χ4v) is 3.10. The summed E-state index contributed by atoms with van der Waals surface area (Å²) in [5.74, 6) is -0.544. The Balaban J connectivity index is 2.87. The van der Waals surface area contributed by atoms with Gasteiger partial charge in [0.2, 0.25) is 0 Å². The second-order valence-electron chi connectivity index (χ2n) is 4.56. The first kappa shape index (κ1) is 15.0. The van der Waals surface area contributed by atoms with Gasteiger partial charge in [-0.15, -0.1) is 0 Å². The molecule has 0 bridgehead atoms. The maximum absolute atomic E-state index is 11.7. The second kappa shape index (κ2) is 5.19. The molecule has 21 heavy (non-hydrogen) atoms. The number of carbonyl (C=O) groups is 1. The van der Waals surface area contributed by atoms with Gasteiger partial charge in [0.1, 0.15) is 4.90 Å². The zero-order chi connectivity index (χ0) is 15.8. The largest absolute Gasteiger partial charge is 0.399 e. The lowest BCUT2D eigenvalue weighted by molar-refractivity contribution is 0.101. The maximum atomic E-state index is 11.7. The normalized spacial score (nSPS) is 11.3. The quantitative estimate of drug-likeness (QED) is 0.452. The number of ketones is 1. The van der Waals surface area contributed by atoms with Gasteiger partial charge in [-0.2, -0.15) is 8.42 Å². The molecule has 0 saturated carbocycles. The number of benzene rings is 2. The third-order valence-electron chi connectivity index (χ3n) is 3.02. The van der Waals surface area contributed by atoms with Crippen molar-refractivity contribution < 1.29 is 17.8 Å². The smallest absolute Gasteiger partial charge is 0.295 e. The van der Waals surface area contributed by atoms with Crippen molar-refractivity contribution in [3.8, 4) is 11.1 Å². The Labute approximate surface area is 122 Å². The summed E-state index contributed by atoms with van der Waals surface area (Å²) in [7, 11) is -4.62. The molecule has 0 aliphatic heterocycles. The summed E-state index contributed by atoms with van der Waals surface area (Å²) in [5.41, 5.74) is 12.2. The molecule has 0 atom stereocenters. The van der Waals surface area contributed by atoms with Crippen LogP contribution in [0.4, 0.5) is 11.4 Å². The molecule has 0 aliphatic carbocycles. The highest BCUT2D eigenvalue weighted by atomic mass is 32.2. The Bertz CT molecular complexity index is 812. The van der Waals surface area contributed by atoms with Gasteiger partial charge in [-0.25, -0.2) is 0 Å². The van der Waals surface area contributed by atoms with Crippen LogP contribution in [0.2, 0.25) is 0 Å². The van der Waals surface area contributed by atoms with Gasteiger partial charge >= 0.3 is 0 Å². The standard InChI is InChI=1S/C14H14N2O4S/c1-8(17)13-12(16)7-6-11(14(13)21(18,19)20)9-2-4-10(15)5-3-9/h2-7H,15-16H2,1H3,(H,18,19,20). The van der Waals surface area contributed by atoms with Gasteiger partial charge in [-0.05, 0) is 30.7 Å². The molecule has 0 unspecified atom stereocenters. The molecule has 0 saturated heterocycles. The van der Waals surface area contributed by atoms with Crippen LogP contribution in [0.15, 0.2) is 41.3 Å². The second-order valence-corrected chi connectivity index (χ2v) is 5.92. The number of hydrogen-bond donors (Lipinski definition) is 3. The van der Waals surface area contributed by atoms with E-state index in [0.29, 0.717) is 11.3 Å². The van der Waals surface area contributed by atoms with Crippen LogP contribution in [0.25, 0.3) is 11.1 Å². The molecule has 7 heteroatoms. The molecule has 2 aromatic carbocycles. The summed E-state index contributed by atoms with van der Waals surface area (Å²) < 4.78 is 32.9. The van der Waals surface area contributed by atoms with E-state index >= 15 is 0 Å². The zero-order valence-corrected chi connectivity index (χ0v) is 12.0. The minimum atomic E-state index is -4.62. The molecule has 0 amide bonds. The summed E-state index contributed by atoms with van der Waals surface area (Å²) in [6.07, 6.45) is 0. The monoisotopic (exact) mass is 306 g/mol. The molecule has 0 fully saturated rings. The minimum Gasteiger partial charge on any atom is -0.399 e. The van der Waals surface area contributed by atoms with E-state index < -0.39 is 20.8 Å². The van der Waals surface area contributed by atoms with E-state index in [0.717, 1.165) is 0 Å². The van der Waals surface area contributed by atoms with E-state index in [1.807, 2.05) is 0 Å². The lowest BCUT2D eigenvalue weighted by Crippen LogP contribution is -2.11. The molecule has 110 valence electrons. The maximum Gasteiger partial charge on any atom is 0.295 e. The Kier molecular flexibility index (Phi) is 3.71. The number of Topliss-reactive ketones (excluding diaryl/α,β-unsaturated/α-hetero) is 1. The molecule has 0 aromatic heterocycles. The zero-order valence-electron chi connectivity index (χ0n) is 11.2. The van der Waals surface area contributed by atoms with Crippen molar-refractivity contribution in [1.82, 2.24) is 0 Å². The van der Waals surface area contributed by atoms with Crippen molar-refractivity contribution in [3.05, 3.63) is 42.0 Å². The van der Waals surface area contributed by atoms with Gasteiger partial charge in [0.15, 0.2) is 5.78 Å². The lowest BCUT2D eigenvalue weighted by atomic mass is 9.99. The van der Waals surface area contributed by atoms with Crippen molar-refractivity contribution in [2.75, 3.05) is 11.5 Å². The first-order valence-electron chi connectivity index (χ1n) is 5.98. The average Bonchev–Trinajstić information content (AvgIpc) is 2.38. The SMILES string of the molecule is CC(=O)c1c(N)ccc(-c2ccc(N)cc2)c1S(=O)(=O)O. The van der Waals surface area contributed by atoms with Crippen molar-refractivity contribution >= 4 is 27.3 Å². The molecule has 2 aromatic rings. The fraction of sp³-hybridized carbons (Fsp3) is 0.0714. The Hall–Kier alpha value is -2.38. The van der Waals surface area contributed by atoms with Gasteiger partial charge in [-0.1, -0.05) is 18.2 Å². The van der Waals surface area contributed by atoms with Crippen LogP contribution in [-0.2, 0) is 10.1 Å². The van der Waals surface area contributed by atoms with Crippen LogP contribution in [0.1, 0.15) is 17.3 Å². The third-order valence-corrected chi connectivity index (χ3v) is 3.96. The van der Waals surface area contributed by atoms with Crippen molar-refractivity contribution in [2.45, 2.75) is 11.8 Å². The summed E-state index contributed by atoms with van der Waals surface area (Å²) in [4.78, 5) is 11.2. The molecule has 2 rings (SSSR count). The Morgan fingerprint density at radius 3 is 2.10 bits per heavy atom. The van der Waals surface area contributed by atoms with Gasteiger partial charge in [0.05, 0.1) is 5.56 Å². The summed E-state index contributed by atoms with van der Waals surface area (Å²) >= 11 is 0. The summed E-state index contributed by atoms with van der Waals surface area (Å²) in [6, 6.07) is 9.24. The number of rotatable bonds is 3. The van der Waals surface area contributed by atoms with Crippen LogP contribution in [0.5, 0.6) is 0 Å². The number of nitrogen functional groups attached to an aromatic ring is 2. The molecular weight excluding hydrogens is 292 g/mol. The van der Waals surface area contributed by atoms with Crippen LogP contribution >= 0.6 is 0 Å².